The number of halogens is 3. The van der Waals surface area contributed by atoms with Crippen LogP contribution in [0.4, 0.5) is 13.2 Å². The molecule has 0 aliphatic rings. The molecule has 0 saturated heterocycles. The minimum Gasteiger partial charge on any atom is -0.366 e. The maximum absolute atomic E-state index is 12.4. The molecule has 0 spiro atoms. The van der Waals surface area contributed by atoms with Crippen LogP contribution >= 0.6 is 0 Å². The van der Waals surface area contributed by atoms with Gasteiger partial charge in [0.1, 0.15) is 5.65 Å². The van der Waals surface area contributed by atoms with E-state index in [9.17, 15) is 18.0 Å². The first-order chi connectivity index (χ1) is 7.39. The molecule has 0 bridgehead atoms. The van der Waals surface area contributed by atoms with Gasteiger partial charge >= 0.3 is 6.18 Å². The standard InChI is InChI=1S/C9H6F3N3O/c10-9(11,12)4-1-5-6(7(13)16)3-15-8(5)14-2-4/h1-3H,(H2,13,16)(H,14,15). The molecule has 1 amide bonds. The predicted molar refractivity (Wildman–Crippen MR) is 49.6 cm³/mol. The van der Waals surface area contributed by atoms with Crippen molar-refractivity contribution < 1.29 is 18.0 Å². The second-order valence-corrected chi connectivity index (χ2v) is 3.18. The molecule has 16 heavy (non-hydrogen) atoms. The number of H-pyrrole nitrogens is 1. The van der Waals surface area contributed by atoms with Crippen molar-refractivity contribution in [2.75, 3.05) is 0 Å². The molecule has 7 heteroatoms. The number of alkyl halides is 3. The predicted octanol–water partition coefficient (Wildman–Crippen LogP) is 1.68. The summed E-state index contributed by atoms with van der Waals surface area (Å²) in [5.41, 5.74) is 4.29. The van der Waals surface area contributed by atoms with Gasteiger partial charge in [-0.1, -0.05) is 0 Å². The van der Waals surface area contributed by atoms with Crippen LogP contribution in [-0.4, -0.2) is 15.9 Å². The number of hydrogen-bond donors (Lipinski definition) is 2. The average molecular weight is 229 g/mol. The van der Waals surface area contributed by atoms with Gasteiger partial charge in [0.25, 0.3) is 5.91 Å². The second-order valence-electron chi connectivity index (χ2n) is 3.18. The summed E-state index contributed by atoms with van der Waals surface area (Å²) in [5, 5.41) is 0.0716. The first-order valence-corrected chi connectivity index (χ1v) is 4.23. The van der Waals surface area contributed by atoms with Crippen LogP contribution in [0.15, 0.2) is 18.5 Å². The zero-order valence-electron chi connectivity index (χ0n) is 7.80. The highest BCUT2D eigenvalue weighted by Crippen LogP contribution is 2.31. The Morgan fingerprint density at radius 1 is 1.44 bits per heavy atom. The van der Waals surface area contributed by atoms with Gasteiger partial charge in [-0.2, -0.15) is 13.2 Å². The van der Waals surface area contributed by atoms with E-state index in [1.54, 1.807) is 0 Å². The molecule has 0 unspecified atom stereocenters. The van der Waals surface area contributed by atoms with Gasteiger partial charge in [-0.3, -0.25) is 4.79 Å². The van der Waals surface area contributed by atoms with Gasteiger partial charge in [0.05, 0.1) is 11.1 Å². The summed E-state index contributed by atoms with van der Waals surface area (Å²) in [6, 6.07) is 0.846. The van der Waals surface area contributed by atoms with Crippen LogP contribution in [0, 0.1) is 0 Å². The number of rotatable bonds is 1. The van der Waals surface area contributed by atoms with Crippen LogP contribution in [0.3, 0.4) is 0 Å². The average Bonchev–Trinajstić information content (AvgIpc) is 2.58. The number of carbonyl (C=O) groups is 1. The summed E-state index contributed by atoms with van der Waals surface area (Å²) in [6.07, 6.45) is -2.56. The van der Waals surface area contributed by atoms with E-state index in [4.69, 9.17) is 5.73 Å². The summed E-state index contributed by atoms with van der Waals surface area (Å²) >= 11 is 0. The van der Waals surface area contributed by atoms with E-state index in [0.717, 1.165) is 6.07 Å². The number of primary amides is 1. The zero-order valence-corrected chi connectivity index (χ0v) is 7.80. The lowest BCUT2D eigenvalue weighted by molar-refractivity contribution is -0.137. The van der Waals surface area contributed by atoms with Gasteiger partial charge in [0.15, 0.2) is 0 Å². The molecule has 2 rings (SSSR count). The minimum atomic E-state index is -4.49. The van der Waals surface area contributed by atoms with E-state index < -0.39 is 17.6 Å². The van der Waals surface area contributed by atoms with Crippen LogP contribution in [0.2, 0.25) is 0 Å². The summed E-state index contributed by atoms with van der Waals surface area (Å²) in [5.74, 6) is -0.799. The van der Waals surface area contributed by atoms with E-state index in [-0.39, 0.29) is 16.6 Å². The number of aromatic amines is 1. The number of amides is 1. The number of hydrogen-bond acceptors (Lipinski definition) is 2. The van der Waals surface area contributed by atoms with Crippen molar-refractivity contribution in [3.05, 3.63) is 29.6 Å². The third kappa shape index (κ3) is 1.60. The highest BCUT2D eigenvalue weighted by atomic mass is 19.4. The Morgan fingerprint density at radius 2 is 2.12 bits per heavy atom. The van der Waals surface area contributed by atoms with Crippen molar-refractivity contribution in [1.29, 1.82) is 0 Å². The Bertz CT molecular complexity index is 559. The van der Waals surface area contributed by atoms with Gasteiger partial charge in [0, 0.05) is 17.8 Å². The summed E-state index contributed by atoms with van der Waals surface area (Å²) in [7, 11) is 0. The second kappa shape index (κ2) is 3.22. The molecule has 2 aromatic rings. The Hall–Kier alpha value is -2.05. The van der Waals surface area contributed by atoms with Crippen molar-refractivity contribution >= 4 is 16.9 Å². The minimum absolute atomic E-state index is 0.00593. The maximum Gasteiger partial charge on any atom is 0.417 e. The number of carbonyl (C=O) groups excluding carboxylic acids is 1. The molecule has 0 fully saturated rings. The molecular formula is C9H6F3N3O. The number of nitrogens with two attached hydrogens (primary N) is 1. The fourth-order valence-corrected chi connectivity index (χ4v) is 1.36. The molecule has 0 aliphatic carbocycles. The van der Waals surface area contributed by atoms with Crippen molar-refractivity contribution in [3.8, 4) is 0 Å². The summed E-state index contributed by atoms with van der Waals surface area (Å²) < 4.78 is 37.2. The normalized spacial score (nSPS) is 11.9. The monoisotopic (exact) mass is 229 g/mol. The molecule has 4 nitrogen and oxygen atoms in total. The molecule has 3 N–H and O–H groups in total. The molecule has 0 aliphatic heterocycles. The van der Waals surface area contributed by atoms with Gasteiger partial charge in [0.2, 0.25) is 0 Å². The van der Waals surface area contributed by atoms with Gasteiger partial charge in [-0.15, -0.1) is 0 Å². The Balaban J connectivity index is 2.68. The lowest BCUT2D eigenvalue weighted by Gasteiger charge is -2.05. The molecule has 0 saturated carbocycles. The Labute approximate surface area is 87.3 Å². The number of pyridine rings is 1. The molecule has 0 atom stereocenters. The number of nitrogens with one attached hydrogen (secondary N) is 1. The fraction of sp³-hybridized carbons (Fsp3) is 0.111. The molecule has 2 heterocycles. The van der Waals surface area contributed by atoms with Crippen molar-refractivity contribution in [2.24, 2.45) is 5.73 Å². The van der Waals surface area contributed by atoms with Crippen LogP contribution < -0.4 is 5.73 Å². The third-order valence-corrected chi connectivity index (χ3v) is 2.12. The number of aromatic nitrogens is 2. The molecule has 2 aromatic heterocycles. The van der Waals surface area contributed by atoms with Crippen LogP contribution in [0.1, 0.15) is 15.9 Å². The lowest BCUT2D eigenvalue weighted by Crippen LogP contribution is -2.10. The van der Waals surface area contributed by atoms with Crippen molar-refractivity contribution in [1.82, 2.24) is 9.97 Å². The number of fused-ring (bicyclic) bond motifs is 1. The molecule has 0 aromatic carbocycles. The van der Waals surface area contributed by atoms with E-state index in [0.29, 0.717) is 6.20 Å². The first-order valence-electron chi connectivity index (χ1n) is 4.23. The Kier molecular flexibility index (Phi) is 2.11. The van der Waals surface area contributed by atoms with E-state index in [1.165, 1.54) is 6.20 Å². The quantitative estimate of drug-likeness (QED) is 0.780. The van der Waals surface area contributed by atoms with E-state index in [2.05, 4.69) is 9.97 Å². The first kappa shape index (κ1) is 10.5. The topological polar surface area (TPSA) is 71.8 Å². The third-order valence-electron chi connectivity index (χ3n) is 2.12. The van der Waals surface area contributed by atoms with Crippen molar-refractivity contribution in [3.63, 3.8) is 0 Å². The zero-order chi connectivity index (χ0) is 11.9. The fourth-order valence-electron chi connectivity index (χ4n) is 1.36. The van der Waals surface area contributed by atoms with Crippen LogP contribution in [-0.2, 0) is 6.18 Å². The SMILES string of the molecule is NC(=O)c1c[nH]c2ncc(C(F)(F)F)cc12. The molecule has 0 radical (unpaired) electrons. The largest absolute Gasteiger partial charge is 0.417 e. The maximum atomic E-state index is 12.4. The van der Waals surface area contributed by atoms with Crippen molar-refractivity contribution in [2.45, 2.75) is 6.18 Å². The summed E-state index contributed by atoms with van der Waals surface area (Å²) in [6.45, 7) is 0. The highest BCUT2D eigenvalue weighted by molar-refractivity contribution is 6.05. The summed E-state index contributed by atoms with van der Waals surface area (Å²) in [4.78, 5) is 17.1. The van der Waals surface area contributed by atoms with Crippen LogP contribution in [0.25, 0.3) is 11.0 Å². The van der Waals surface area contributed by atoms with E-state index in [1.807, 2.05) is 0 Å². The molecular weight excluding hydrogens is 223 g/mol. The van der Waals surface area contributed by atoms with Crippen LogP contribution in [0.5, 0.6) is 0 Å². The lowest BCUT2D eigenvalue weighted by atomic mass is 10.1. The van der Waals surface area contributed by atoms with Gasteiger partial charge in [-0.25, -0.2) is 4.98 Å². The van der Waals surface area contributed by atoms with E-state index >= 15 is 0 Å². The highest BCUT2D eigenvalue weighted by Gasteiger charge is 2.31. The Morgan fingerprint density at radius 3 is 2.69 bits per heavy atom. The molecule has 84 valence electrons. The van der Waals surface area contributed by atoms with Gasteiger partial charge < -0.3 is 10.7 Å². The smallest absolute Gasteiger partial charge is 0.366 e. The number of nitrogens with zero attached hydrogens (tertiary/aromatic N) is 1. The van der Waals surface area contributed by atoms with Gasteiger partial charge in [-0.05, 0) is 6.07 Å².